The Labute approximate surface area is 186 Å². The third kappa shape index (κ3) is 5.66. The number of pyridine rings is 3. The highest BCUT2D eigenvalue weighted by molar-refractivity contribution is 7.98. The molecule has 11 heteroatoms. The fourth-order valence-electron chi connectivity index (χ4n) is 2.70. The summed E-state index contributed by atoms with van der Waals surface area (Å²) in [6.45, 7) is -3.24. The molecule has 0 saturated carbocycles. The summed E-state index contributed by atoms with van der Waals surface area (Å²) < 4.78 is 33.4. The second kappa shape index (κ2) is 11.0. The average molecular weight is 454 g/mol. The van der Waals surface area contributed by atoms with Crippen molar-refractivity contribution in [3.05, 3.63) is 59.5 Å². The lowest BCUT2D eigenvalue weighted by Crippen LogP contribution is -2.10. The van der Waals surface area contributed by atoms with Gasteiger partial charge in [0, 0.05) is 23.7 Å². The average Bonchev–Trinajstić information content (AvgIpc) is 2.81. The largest absolute Gasteiger partial charge is 0.490 e. The Morgan fingerprint density at radius 3 is 2.53 bits per heavy atom. The number of nitriles is 2. The lowest BCUT2D eigenvalue weighted by atomic mass is 10.0. The molecule has 2 N–H and O–H groups in total. The highest BCUT2D eigenvalue weighted by Gasteiger charge is 2.21. The van der Waals surface area contributed by atoms with Crippen LogP contribution in [0, 0.1) is 22.7 Å². The van der Waals surface area contributed by atoms with E-state index in [1.165, 1.54) is 18.0 Å². The molecule has 0 aliphatic carbocycles. The summed E-state index contributed by atoms with van der Waals surface area (Å²) in [5.41, 5.74) is 7.75. The topological polar surface area (TPSA) is 131 Å². The molecule has 0 radical (unpaired) electrons. The third-order valence-electron chi connectivity index (χ3n) is 4.10. The Hall–Kier alpha value is -3.80. The fourth-order valence-corrected chi connectivity index (χ4v) is 3.63. The zero-order chi connectivity index (χ0) is 22.9. The van der Waals surface area contributed by atoms with Crippen molar-refractivity contribution < 1.29 is 18.3 Å². The molecule has 0 atom stereocenters. The van der Waals surface area contributed by atoms with E-state index < -0.39 is 6.61 Å². The van der Waals surface area contributed by atoms with Gasteiger partial charge < -0.3 is 15.2 Å². The van der Waals surface area contributed by atoms with Gasteiger partial charge in [0.05, 0.1) is 24.1 Å². The van der Waals surface area contributed by atoms with E-state index in [1.807, 2.05) is 12.1 Å². The second-order valence-corrected chi connectivity index (χ2v) is 7.12. The highest BCUT2D eigenvalue weighted by atomic mass is 32.2. The molecule has 0 saturated heterocycles. The van der Waals surface area contributed by atoms with Crippen molar-refractivity contribution in [2.75, 3.05) is 18.9 Å². The Balaban J connectivity index is 1.88. The molecule has 3 heterocycles. The van der Waals surface area contributed by atoms with Crippen molar-refractivity contribution in [2.45, 2.75) is 17.4 Å². The van der Waals surface area contributed by atoms with Crippen LogP contribution in [-0.4, -0.2) is 34.8 Å². The van der Waals surface area contributed by atoms with Gasteiger partial charge >= 0.3 is 6.61 Å². The van der Waals surface area contributed by atoms with Gasteiger partial charge in [-0.3, -0.25) is 9.97 Å². The molecule has 8 nitrogen and oxygen atoms in total. The summed E-state index contributed by atoms with van der Waals surface area (Å²) in [5.74, 6) is 0.805. The monoisotopic (exact) mass is 454 g/mol. The molecule has 3 aromatic heterocycles. The maximum Gasteiger partial charge on any atom is 0.345 e. The molecular formula is C21H16F2N6O2S. The number of halogens is 2. The van der Waals surface area contributed by atoms with Crippen LogP contribution in [0.15, 0.2) is 47.9 Å². The third-order valence-corrected chi connectivity index (χ3v) is 5.15. The molecule has 0 fully saturated rings. The van der Waals surface area contributed by atoms with Gasteiger partial charge in [0.25, 0.3) is 0 Å². The van der Waals surface area contributed by atoms with Gasteiger partial charge in [-0.2, -0.15) is 19.3 Å². The van der Waals surface area contributed by atoms with Gasteiger partial charge in [-0.1, -0.05) is 6.07 Å². The van der Waals surface area contributed by atoms with Gasteiger partial charge in [0.2, 0.25) is 0 Å². The Morgan fingerprint density at radius 2 is 1.91 bits per heavy atom. The summed E-state index contributed by atoms with van der Waals surface area (Å²) in [5, 5.41) is 19.8. The highest BCUT2D eigenvalue weighted by Crippen LogP contribution is 2.36. The van der Waals surface area contributed by atoms with Gasteiger partial charge in [-0.05, 0) is 23.8 Å². The van der Waals surface area contributed by atoms with Crippen LogP contribution in [0.25, 0.3) is 11.3 Å². The predicted molar refractivity (Wildman–Crippen MR) is 113 cm³/mol. The molecule has 0 bridgehead atoms. The summed E-state index contributed by atoms with van der Waals surface area (Å²) in [4.78, 5) is 12.6. The predicted octanol–water partition coefficient (Wildman–Crippen LogP) is 3.77. The lowest BCUT2D eigenvalue weighted by Gasteiger charge is -2.13. The summed E-state index contributed by atoms with van der Waals surface area (Å²) in [6.07, 6.45) is 4.73. The quantitative estimate of drug-likeness (QED) is 0.379. The zero-order valence-corrected chi connectivity index (χ0v) is 17.4. The number of thioether (sulfide) groups is 1. The molecule has 0 aliphatic heterocycles. The molecule has 162 valence electrons. The van der Waals surface area contributed by atoms with E-state index in [0.717, 1.165) is 5.56 Å². The van der Waals surface area contributed by atoms with Gasteiger partial charge in [-0.15, -0.1) is 11.8 Å². The summed E-state index contributed by atoms with van der Waals surface area (Å²) in [7, 11) is 0. The number of hydrogen-bond acceptors (Lipinski definition) is 9. The maximum atomic E-state index is 12.0. The smallest absolute Gasteiger partial charge is 0.345 e. The normalized spacial score (nSPS) is 10.5. The van der Waals surface area contributed by atoms with Crippen molar-refractivity contribution in [3.8, 4) is 29.1 Å². The van der Waals surface area contributed by atoms with Gasteiger partial charge in [0.1, 0.15) is 40.9 Å². The fraction of sp³-hybridized carbons (Fsp3) is 0.190. The minimum absolute atomic E-state index is 0.0125. The van der Waals surface area contributed by atoms with Crippen molar-refractivity contribution in [1.29, 1.82) is 10.5 Å². The van der Waals surface area contributed by atoms with Crippen LogP contribution < -0.4 is 10.5 Å². The SMILES string of the molecule is N#Cc1c(N)nc(SCc2cccnc2)c(C#N)c1-c1ccc(OCCOC(F)F)cn1. The Morgan fingerprint density at radius 1 is 1.09 bits per heavy atom. The number of nitrogen functional groups attached to an aromatic ring is 1. The first-order valence-corrected chi connectivity index (χ1v) is 10.2. The van der Waals surface area contributed by atoms with Crippen LogP contribution >= 0.6 is 11.8 Å². The molecule has 0 aromatic carbocycles. The molecule has 0 spiro atoms. The van der Waals surface area contributed by atoms with Crippen molar-refractivity contribution >= 4 is 17.6 Å². The number of rotatable bonds is 9. The van der Waals surface area contributed by atoms with E-state index in [0.29, 0.717) is 22.2 Å². The van der Waals surface area contributed by atoms with Crippen LogP contribution in [-0.2, 0) is 10.5 Å². The second-order valence-electron chi connectivity index (χ2n) is 6.16. The minimum Gasteiger partial charge on any atom is -0.490 e. The van der Waals surface area contributed by atoms with Crippen LogP contribution in [0.5, 0.6) is 5.75 Å². The first-order chi connectivity index (χ1) is 15.5. The van der Waals surface area contributed by atoms with Gasteiger partial charge in [-0.25, -0.2) is 4.98 Å². The zero-order valence-electron chi connectivity index (χ0n) is 16.5. The molecule has 0 amide bonds. The summed E-state index contributed by atoms with van der Waals surface area (Å²) in [6, 6.07) is 10.9. The van der Waals surface area contributed by atoms with E-state index in [4.69, 9.17) is 10.5 Å². The van der Waals surface area contributed by atoms with E-state index in [9.17, 15) is 19.3 Å². The summed E-state index contributed by atoms with van der Waals surface area (Å²) >= 11 is 1.30. The van der Waals surface area contributed by atoms with Crippen molar-refractivity contribution in [2.24, 2.45) is 0 Å². The number of nitrogens with two attached hydrogens (primary N) is 1. The molecule has 0 unspecified atom stereocenters. The number of anilines is 1. The van der Waals surface area contributed by atoms with Gasteiger partial charge in [0.15, 0.2) is 0 Å². The molecule has 3 aromatic rings. The molecule has 0 aliphatic rings. The Bertz CT molecular complexity index is 1150. The number of aromatic nitrogens is 3. The first kappa shape index (κ1) is 22.9. The molecule has 32 heavy (non-hydrogen) atoms. The molecule has 3 rings (SSSR count). The van der Waals surface area contributed by atoms with Crippen LogP contribution in [0.2, 0.25) is 0 Å². The Kier molecular flexibility index (Phi) is 7.86. The number of hydrogen-bond donors (Lipinski definition) is 1. The van der Waals surface area contributed by atoms with Crippen LogP contribution in [0.4, 0.5) is 14.6 Å². The van der Waals surface area contributed by atoms with E-state index >= 15 is 0 Å². The van der Waals surface area contributed by atoms with Crippen LogP contribution in [0.3, 0.4) is 0 Å². The van der Waals surface area contributed by atoms with E-state index in [1.54, 1.807) is 30.6 Å². The maximum absolute atomic E-state index is 12.0. The van der Waals surface area contributed by atoms with E-state index in [2.05, 4.69) is 25.8 Å². The van der Waals surface area contributed by atoms with Crippen LogP contribution in [0.1, 0.15) is 16.7 Å². The lowest BCUT2D eigenvalue weighted by molar-refractivity contribution is -0.133. The van der Waals surface area contributed by atoms with E-state index in [-0.39, 0.29) is 35.7 Å². The minimum atomic E-state index is -2.87. The number of alkyl halides is 2. The number of nitrogens with zero attached hydrogens (tertiary/aromatic N) is 5. The number of ether oxygens (including phenoxy) is 2. The molecular weight excluding hydrogens is 438 g/mol. The standard InChI is InChI=1S/C21H16F2N6O2S/c22-21(23)31-7-6-30-14-3-4-17(28-11-14)18-15(8-24)19(26)29-20(16(18)9-25)32-12-13-2-1-5-27-10-13/h1-5,10-11,21H,6-7,12H2,(H2,26,29). The van der Waals surface area contributed by atoms with Crippen molar-refractivity contribution in [3.63, 3.8) is 0 Å². The first-order valence-electron chi connectivity index (χ1n) is 9.17. The van der Waals surface area contributed by atoms with Crippen molar-refractivity contribution in [1.82, 2.24) is 15.0 Å².